The van der Waals surface area contributed by atoms with E-state index in [0.717, 1.165) is 17.8 Å². The molecule has 0 fully saturated rings. The lowest BCUT2D eigenvalue weighted by Crippen LogP contribution is -2.02. The van der Waals surface area contributed by atoms with Gasteiger partial charge in [0.2, 0.25) is 0 Å². The molecule has 4 rings (SSSR count). The first kappa shape index (κ1) is 16.1. The number of benzene rings is 2. The molecule has 1 aliphatic carbocycles. The molecule has 0 amide bonds. The number of aryl methyl sites for hydroxylation is 2. The molecule has 126 valence electrons. The summed E-state index contributed by atoms with van der Waals surface area (Å²) in [6.07, 6.45) is 1.01. The van der Waals surface area contributed by atoms with Gasteiger partial charge in [-0.1, -0.05) is 24.3 Å². The Kier molecular flexibility index (Phi) is 3.57. The zero-order chi connectivity index (χ0) is 17.9. The Morgan fingerprint density at radius 2 is 1.48 bits per heavy atom. The highest BCUT2D eigenvalue weighted by molar-refractivity contribution is 5.87. The summed E-state index contributed by atoms with van der Waals surface area (Å²) in [7, 11) is 0. The molecular formula is C24H25N. The van der Waals surface area contributed by atoms with Gasteiger partial charge in [0.05, 0.1) is 5.69 Å². The molecule has 0 aliphatic heterocycles. The number of fused-ring (bicyclic) bond motifs is 3. The Morgan fingerprint density at radius 1 is 0.760 bits per heavy atom. The Balaban J connectivity index is 2.06. The van der Waals surface area contributed by atoms with Crippen molar-refractivity contribution in [3.63, 3.8) is 0 Å². The molecule has 0 saturated heterocycles. The van der Waals surface area contributed by atoms with Crippen molar-refractivity contribution < 1.29 is 0 Å². The Morgan fingerprint density at radius 3 is 2.24 bits per heavy atom. The topological polar surface area (TPSA) is 12.9 Å². The van der Waals surface area contributed by atoms with Gasteiger partial charge in [0.15, 0.2) is 0 Å². The fourth-order valence-electron chi connectivity index (χ4n) is 4.17. The second-order valence-electron chi connectivity index (χ2n) is 7.47. The smallest absolute Gasteiger partial charge is 0.0740 e. The summed E-state index contributed by atoms with van der Waals surface area (Å²) < 4.78 is 0. The summed E-state index contributed by atoms with van der Waals surface area (Å²) in [5.41, 5.74) is 16.1. The molecule has 2 aromatic carbocycles. The van der Waals surface area contributed by atoms with E-state index in [4.69, 9.17) is 4.98 Å². The van der Waals surface area contributed by atoms with Crippen molar-refractivity contribution in [1.29, 1.82) is 0 Å². The van der Waals surface area contributed by atoms with Gasteiger partial charge in [0, 0.05) is 11.3 Å². The van der Waals surface area contributed by atoms with Gasteiger partial charge in [-0.25, -0.2) is 0 Å². The second kappa shape index (κ2) is 5.56. The van der Waals surface area contributed by atoms with Crippen LogP contribution >= 0.6 is 0 Å². The number of pyridine rings is 1. The van der Waals surface area contributed by atoms with E-state index in [9.17, 15) is 0 Å². The average Bonchev–Trinajstić information content (AvgIpc) is 2.99. The predicted molar refractivity (Wildman–Crippen MR) is 106 cm³/mol. The normalized spacial score (nSPS) is 12.2. The zero-order valence-corrected chi connectivity index (χ0v) is 16.0. The summed E-state index contributed by atoms with van der Waals surface area (Å²) in [6, 6.07) is 11.2. The maximum atomic E-state index is 5.01. The Bertz CT molecular complexity index is 1020. The van der Waals surface area contributed by atoms with E-state index < -0.39 is 0 Å². The lowest BCUT2D eigenvalue weighted by Gasteiger charge is -2.18. The van der Waals surface area contributed by atoms with Gasteiger partial charge >= 0.3 is 0 Å². The zero-order valence-electron chi connectivity index (χ0n) is 16.0. The first-order chi connectivity index (χ1) is 11.9. The fourth-order valence-corrected chi connectivity index (χ4v) is 4.17. The maximum Gasteiger partial charge on any atom is 0.0740 e. The summed E-state index contributed by atoms with van der Waals surface area (Å²) >= 11 is 0. The van der Waals surface area contributed by atoms with Crippen molar-refractivity contribution in [2.75, 3.05) is 0 Å². The minimum absolute atomic E-state index is 1.01. The first-order valence-electron chi connectivity index (χ1n) is 9.06. The van der Waals surface area contributed by atoms with Crippen LogP contribution in [-0.4, -0.2) is 4.98 Å². The second-order valence-corrected chi connectivity index (χ2v) is 7.47. The van der Waals surface area contributed by atoms with Gasteiger partial charge < -0.3 is 0 Å². The molecule has 0 bridgehead atoms. The quantitative estimate of drug-likeness (QED) is 0.407. The number of aromatic nitrogens is 1. The molecule has 1 aromatic heterocycles. The largest absolute Gasteiger partial charge is 0.253 e. The van der Waals surface area contributed by atoms with Crippen LogP contribution < -0.4 is 0 Å². The van der Waals surface area contributed by atoms with E-state index in [0.29, 0.717) is 0 Å². The summed E-state index contributed by atoms with van der Waals surface area (Å²) in [5, 5.41) is 0. The molecule has 25 heavy (non-hydrogen) atoms. The number of hydrogen-bond acceptors (Lipinski definition) is 1. The highest BCUT2D eigenvalue weighted by atomic mass is 14.7. The van der Waals surface area contributed by atoms with Gasteiger partial charge in [0.25, 0.3) is 0 Å². The van der Waals surface area contributed by atoms with Crippen molar-refractivity contribution in [2.45, 2.75) is 48.0 Å². The van der Waals surface area contributed by atoms with E-state index in [1.807, 2.05) is 0 Å². The SMILES string of the molecule is Cc1cc(-c2nc(C)c(C)c(C)c2C)c2c(c1C)-c1ccccc1C2. The molecule has 3 aromatic rings. The maximum absolute atomic E-state index is 5.01. The van der Waals surface area contributed by atoms with Crippen molar-refractivity contribution in [2.24, 2.45) is 0 Å². The van der Waals surface area contributed by atoms with Crippen LogP contribution in [0.4, 0.5) is 0 Å². The molecule has 0 spiro atoms. The third-order valence-corrected chi connectivity index (χ3v) is 6.17. The highest BCUT2D eigenvalue weighted by Crippen LogP contribution is 2.45. The van der Waals surface area contributed by atoms with Gasteiger partial charge in [-0.3, -0.25) is 4.98 Å². The van der Waals surface area contributed by atoms with Gasteiger partial charge in [-0.05, 0) is 104 Å². The van der Waals surface area contributed by atoms with E-state index in [1.165, 1.54) is 55.6 Å². The van der Waals surface area contributed by atoms with Crippen LogP contribution in [0.2, 0.25) is 0 Å². The minimum atomic E-state index is 1.01. The third-order valence-electron chi connectivity index (χ3n) is 6.17. The lowest BCUT2D eigenvalue weighted by atomic mass is 9.89. The lowest BCUT2D eigenvalue weighted by molar-refractivity contribution is 1.09. The highest BCUT2D eigenvalue weighted by Gasteiger charge is 2.26. The van der Waals surface area contributed by atoms with E-state index >= 15 is 0 Å². The molecule has 1 heteroatoms. The molecule has 1 aliphatic rings. The molecule has 1 nitrogen and oxygen atoms in total. The van der Waals surface area contributed by atoms with Crippen LogP contribution in [0.15, 0.2) is 30.3 Å². The molecule has 0 radical (unpaired) electrons. The average molecular weight is 327 g/mol. The van der Waals surface area contributed by atoms with Crippen molar-refractivity contribution >= 4 is 0 Å². The molecule has 0 N–H and O–H groups in total. The van der Waals surface area contributed by atoms with Crippen molar-refractivity contribution in [3.8, 4) is 22.4 Å². The monoisotopic (exact) mass is 327 g/mol. The number of rotatable bonds is 1. The summed E-state index contributed by atoms with van der Waals surface area (Å²) in [6.45, 7) is 13.2. The van der Waals surface area contributed by atoms with Crippen LogP contribution in [0, 0.1) is 41.5 Å². The summed E-state index contributed by atoms with van der Waals surface area (Å²) in [5.74, 6) is 0. The predicted octanol–water partition coefficient (Wildman–Crippen LogP) is 6.17. The standard InChI is InChI=1S/C24H25N/c1-13-11-22(24-17(5)15(3)16(4)18(6)25-24)21-12-19-9-7-8-10-20(19)23(21)14(13)2/h7-11H,12H2,1-6H3. The van der Waals surface area contributed by atoms with Gasteiger partial charge in [-0.15, -0.1) is 0 Å². The minimum Gasteiger partial charge on any atom is -0.253 e. The fraction of sp³-hybridized carbons (Fsp3) is 0.292. The van der Waals surface area contributed by atoms with Gasteiger partial charge in [-0.2, -0.15) is 0 Å². The van der Waals surface area contributed by atoms with Gasteiger partial charge in [0.1, 0.15) is 0 Å². The van der Waals surface area contributed by atoms with Crippen molar-refractivity contribution in [3.05, 3.63) is 75.0 Å². The molecule has 0 saturated carbocycles. The van der Waals surface area contributed by atoms with E-state index in [2.05, 4.69) is 71.9 Å². The van der Waals surface area contributed by atoms with E-state index in [-0.39, 0.29) is 0 Å². The Labute approximate surface area is 150 Å². The third kappa shape index (κ3) is 2.26. The number of hydrogen-bond donors (Lipinski definition) is 0. The van der Waals surface area contributed by atoms with Crippen LogP contribution in [0.5, 0.6) is 0 Å². The molecule has 0 unspecified atom stereocenters. The first-order valence-corrected chi connectivity index (χ1v) is 9.06. The Hall–Kier alpha value is -2.41. The van der Waals surface area contributed by atoms with Crippen molar-refractivity contribution in [1.82, 2.24) is 4.98 Å². The van der Waals surface area contributed by atoms with E-state index in [1.54, 1.807) is 0 Å². The van der Waals surface area contributed by atoms with Crippen LogP contribution in [0.25, 0.3) is 22.4 Å². The molecule has 0 atom stereocenters. The molecular weight excluding hydrogens is 302 g/mol. The van der Waals surface area contributed by atoms with Crippen LogP contribution in [0.1, 0.15) is 44.6 Å². The van der Waals surface area contributed by atoms with Crippen LogP contribution in [0.3, 0.4) is 0 Å². The number of nitrogens with zero attached hydrogens (tertiary/aromatic N) is 1. The van der Waals surface area contributed by atoms with Crippen LogP contribution in [-0.2, 0) is 6.42 Å². The summed E-state index contributed by atoms with van der Waals surface area (Å²) in [4.78, 5) is 5.01. The molecule has 1 heterocycles.